The first-order valence-electron chi connectivity index (χ1n) is 9.86. The van der Waals surface area contributed by atoms with Gasteiger partial charge < -0.3 is 5.11 Å². The maximum atomic E-state index is 11.5. The summed E-state index contributed by atoms with van der Waals surface area (Å²) >= 11 is 0. The van der Waals surface area contributed by atoms with Crippen LogP contribution in [0.1, 0.15) is 82.3 Å². The lowest BCUT2D eigenvalue weighted by molar-refractivity contribution is -0.130. The molecule has 0 radical (unpaired) electrons. The molecule has 25 heavy (non-hydrogen) atoms. The van der Waals surface area contributed by atoms with Gasteiger partial charge >= 0.3 is 5.97 Å². The van der Waals surface area contributed by atoms with Gasteiger partial charge in [0.1, 0.15) is 0 Å². The van der Waals surface area contributed by atoms with E-state index in [9.17, 15) is 9.90 Å². The first kappa shape index (κ1) is 19.5. The van der Waals surface area contributed by atoms with Crippen LogP contribution >= 0.6 is 0 Å². The molecule has 0 saturated heterocycles. The molecule has 1 fully saturated rings. The van der Waals surface area contributed by atoms with Crippen molar-refractivity contribution in [1.82, 2.24) is 0 Å². The zero-order chi connectivity index (χ0) is 18.1. The zero-order valence-electron chi connectivity index (χ0n) is 15.7. The smallest absolute Gasteiger partial charge is 0.336 e. The minimum absolute atomic E-state index is 0.366. The number of unbranched alkanes of at least 4 members (excludes halogenated alkanes) is 1. The van der Waals surface area contributed by atoms with Crippen LogP contribution in [0.2, 0.25) is 0 Å². The van der Waals surface area contributed by atoms with Crippen LogP contribution in [0.5, 0.6) is 0 Å². The third-order valence-corrected chi connectivity index (χ3v) is 5.32. The summed E-state index contributed by atoms with van der Waals surface area (Å²) in [5, 5.41) is 9.48. The number of carbonyl (C=O) groups is 1. The fraction of sp³-hybridized carbons (Fsp3) is 0.522. The lowest BCUT2D eigenvalue weighted by atomic mass is 9.77. The first-order valence-corrected chi connectivity index (χ1v) is 9.86. The Kier molecular flexibility index (Phi) is 7.97. The largest absolute Gasteiger partial charge is 0.478 e. The van der Waals surface area contributed by atoms with E-state index in [1.165, 1.54) is 44.1 Å². The predicted octanol–water partition coefficient (Wildman–Crippen LogP) is 6.58. The highest BCUT2D eigenvalue weighted by Gasteiger charge is 2.22. The SMILES string of the molecule is CCCC=CC=C(C(=O)O)c1ccc([C@H]2CC[C@H](CCC)CC2)cc1. The number of hydrogen-bond acceptors (Lipinski definition) is 1. The second-order valence-electron chi connectivity index (χ2n) is 7.23. The van der Waals surface area contributed by atoms with Gasteiger partial charge in [-0.25, -0.2) is 4.79 Å². The molecule has 136 valence electrons. The van der Waals surface area contributed by atoms with E-state index in [0.29, 0.717) is 11.5 Å². The second-order valence-corrected chi connectivity index (χ2v) is 7.23. The molecule has 0 bridgehead atoms. The summed E-state index contributed by atoms with van der Waals surface area (Å²) in [5.74, 6) is 0.690. The fourth-order valence-electron chi connectivity index (χ4n) is 3.85. The quantitative estimate of drug-likeness (QED) is 0.428. The van der Waals surface area contributed by atoms with Crippen molar-refractivity contribution in [2.75, 3.05) is 0 Å². The summed E-state index contributed by atoms with van der Waals surface area (Å²) in [6.07, 6.45) is 15.5. The maximum absolute atomic E-state index is 11.5. The molecule has 2 heteroatoms. The number of benzene rings is 1. The molecule has 1 saturated carbocycles. The van der Waals surface area contributed by atoms with Gasteiger partial charge in [0.05, 0.1) is 5.57 Å². The van der Waals surface area contributed by atoms with Gasteiger partial charge in [0, 0.05) is 0 Å². The van der Waals surface area contributed by atoms with Crippen molar-refractivity contribution in [2.45, 2.75) is 71.1 Å². The highest BCUT2D eigenvalue weighted by molar-refractivity contribution is 6.15. The van der Waals surface area contributed by atoms with E-state index in [0.717, 1.165) is 24.3 Å². The Bertz CT molecular complexity index is 587. The molecule has 2 nitrogen and oxygen atoms in total. The van der Waals surface area contributed by atoms with Crippen LogP contribution in [0.4, 0.5) is 0 Å². The molecule has 0 atom stereocenters. The normalized spacial score (nSPS) is 21.6. The molecule has 0 spiro atoms. The molecule has 2 rings (SSSR count). The van der Waals surface area contributed by atoms with Gasteiger partial charge in [0.25, 0.3) is 0 Å². The highest BCUT2D eigenvalue weighted by atomic mass is 16.4. The van der Waals surface area contributed by atoms with Gasteiger partial charge in [-0.2, -0.15) is 0 Å². The maximum Gasteiger partial charge on any atom is 0.336 e. The van der Waals surface area contributed by atoms with Gasteiger partial charge in [-0.05, 0) is 61.1 Å². The molecular weight excluding hydrogens is 308 g/mol. The average Bonchev–Trinajstić information content (AvgIpc) is 2.63. The lowest BCUT2D eigenvalue weighted by Crippen LogP contribution is -2.13. The van der Waals surface area contributed by atoms with Crippen molar-refractivity contribution in [3.63, 3.8) is 0 Å². The van der Waals surface area contributed by atoms with E-state index in [1.807, 2.05) is 24.3 Å². The Hall–Kier alpha value is -1.83. The minimum atomic E-state index is -0.867. The molecule has 0 amide bonds. The standard InChI is InChI=1S/C23H32O2/c1-3-5-6-7-9-22(23(24)25)21-16-14-20(15-17-21)19-12-10-18(8-4-2)11-13-19/h6-7,9,14-19H,3-5,8,10-13H2,1-2H3,(H,24,25)/t18-,19-. The van der Waals surface area contributed by atoms with Crippen molar-refractivity contribution < 1.29 is 9.90 Å². The molecular formula is C23H32O2. The van der Waals surface area contributed by atoms with E-state index in [2.05, 4.69) is 26.0 Å². The predicted molar refractivity (Wildman–Crippen MR) is 106 cm³/mol. The van der Waals surface area contributed by atoms with Crippen molar-refractivity contribution in [2.24, 2.45) is 5.92 Å². The molecule has 0 heterocycles. The Labute approximate surface area is 152 Å². The van der Waals surface area contributed by atoms with Crippen molar-refractivity contribution in [3.05, 3.63) is 53.6 Å². The fourth-order valence-corrected chi connectivity index (χ4v) is 3.85. The number of aliphatic carboxylic acids is 1. The summed E-state index contributed by atoms with van der Waals surface area (Å²) < 4.78 is 0. The topological polar surface area (TPSA) is 37.3 Å². The van der Waals surface area contributed by atoms with Gasteiger partial charge in [-0.3, -0.25) is 0 Å². The van der Waals surface area contributed by atoms with Crippen LogP contribution in [-0.2, 0) is 4.79 Å². The van der Waals surface area contributed by atoms with E-state index in [4.69, 9.17) is 0 Å². The van der Waals surface area contributed by atoms with Gasteiger partial charge in [0.15, 0.2) is 0 Å². The average molecular weight is 341 g/mol. The van der Waals surface area contributed by atoms with Gasteiger partial charge in [0.2, 0.25) is 0 Å². The van der Waals surface area contributed by atoms with Crippen molar-refractivity contribution in [1.29, 1.82) is 0 Å². The van der Waals surface area contributed by atoms with Crippen LogP contribution in [0.3, 0.4) is 0 Å². The number of hydrogen-bond donors (Lipinski definition) is 1. The number of rotatable bonds is 8. The van der Waals surface area contributed by atoms with Crippen LogP contribution in [0.25, 0.3) is 5.57 Å². The van der Waals surface area contributed by atoms with E-state index in [-0.39, 0.29) is 0 Å². The first-order chi connectivity index (χ1) is 12.2. The Morgan fingerprint density at radius 3 is 2.32 bits per heavy atom. The molecule has 0 unspecified atom stereocenters. The highest BCUT2D eigenvalue weighted by Crippen LogP contribution is 2.37. The van der Waals surface area contributed by atoms with Crippen LogP contribution in [-0.4, -0.2) is 11.1 Å². The van der Waals surface area contributed by atoms with E-state index in [1.54, 1.807) is 6.08 Å². The third kappa shape index (κ3) is 5.88. The molecule has 1 aromatic rings. The summed E-state index contributed by atoms with van der Waals surface area (Å²) in [5.41, 5.74) is 2.52. The number of carboxylic acid groups (broad SMARTS) is 1. The van der Waals surface area contributed by atoms with Crippen LogP contribution in [0, 0.1) is 5.92 Å². The third-order valence-electron chi connectivity index (χ3n) is 5.32. The molecule has 1 aromatic carbocycles. The molecule has 0 aromatic heterocycles. The summed E-state index contributed by atoms with van der Waals surface area (Å²) in [6.45, 7) is 4.39. The van der Waals surface area contributed by atoms with Gasteiger partial charge in [-0.1, -0.05) is 69.5 Å². The van der Waals surface area contributed by atoms with E-state index >= 15 is 0 Å². The van der Waals surface area contributed by atoms with Crippen molar-refractivity contribution in [3.8, 4) is 0 Å². The van der Waals surface area contributed by atoms with Gasteiger partial charge in [-0.15, -0.1) is 0 Å². The van der Waals surface area contributed by atoms with Crippen LogP contribution < -0.4 is 0 Å². The summed E-state index contributed by atoms with van der Waals surface area (Å²) in [7, 11) is 0. The number of carboxylic acids is 1. The molecule has 1 aliphatic rings. The monoisotopic (exact) mass is 340 g/mol. The molecule has 1 N–H and O–H groups in total. The number of allylic oxidation sites excluding steroid dienone is 3. The summed E-state index contributed by atoms with van der Waals surface area (Å²) in [6, 6.07) is 8.21. The summed E-state index contributed by atoms with van der Waals surface area (Å²) in [4.78, 5) is 11.5. The Balaban J connectivity index is 2.04. The Morgan fingerprint density at radius 2 is 1.76 bits per heavy atom. The molecule has 1 aliphatic carbocycles. The minimum Gasteiger partial charge on any atom is -0.478 e. The van der Waals surface area contributed by atoms with Crippen molar-refractivity contribution >= 4 is 11.5 Å². The zero-order valence-corrected chi connectivity index (χ0v) is 15.7. The molecule has 0 aliphatic heterocycles. The Morgan fingerprint density at radius 1 is 1.08 bits per heavy atom. The second kappa shape index (κ2) is 10.2. The lowest BCUT2D eigenvalue weighted by Gasteiger charge is -2.28. The van der Waals surface area contributed by atoms with Crippen LogP contribution in [0.15, 0.2) is 42.5 Å². The van der Waals surface area contributed by atoms with E-state index < -0.39 is 5.97 Å².